The van der Waals surface area contributed by atoms with Gasteiger partial charge in [-0.2, -0.15) is 0 Å². The van der Waals surface area contributed by atoms with E-state index in [0.29, 0.717) is 40.2 Å². The Morgan fingerprint density at radius 3 is 2.39 bits per heavy atom. The summed E-state index contributed by atoms with van der Waals surface area (Å²) >= 11 is 0. The normalized spacial score (nSPS) is 10.6. The highest BCUT2D eigenvalue weighted by atomic mass is 16.5. The summed E-state index contributed by atoms with van der Waals surface area (Å²) in [6.07, 6.45) is 2.79. The van der Waals surface area contributed by atoms with E-state index in [0.717, 1.165) is 5.56 Å². The summed E-state index contributed by atoms with van der Waals surface area (Å²) in [6.45, 7) is 4.08. The maximum Gasteiger partial charge on any atom is 0.235 e. The molecule has 2 aromatic carbocycles. The second-order valence-electron chi connectivity index (χ2n) is 6.64. The molecular weight excluding hydrogens is 356 g/mol. The van der Waals surface area contributed by atoms with E-state index in [1.54, 1.807) is 32.4 Å². The van der Waals surface area contributed by atoms with E-state index in [4.69, 9.17) is 18.6 Å². The maximum atomic E-state index is 13.1. The first-order valence-electron chi connectivity index (χ1n) is 8.98. The Labute approximate surface area is 164 Å². The molecule has 0 amide bonds. The Morgan fingerprint density at radius 2 is 1.75 bits per heavy atom. The van der Waals surface area contributed by atoms with Gasteiger partial charge in [-0.3, -0.25) is 4.79 Å². The second kappa shape index (κ2) is 8.21. The van der Waals surface area contributed by atoms with Gasteiger partial charge in [0.1, 0.15) is 5.58 Å². The molecule has 3 rings (SSSR count). The van der Waals surface area contributed by atoms with Crippen LogP contribution in [0.3, 0.4) is 0 Å². The van der Waals surface area contributed by atoms with Gasteiger partial charge in [-0.25, -0.2) is 0 Å². The summed E-state index contributed by atoms with van der Waals surface area (Å²) in [6, 6.07) is 10.9. The van der Waals surface area contributed by atoms with E-state index in [1.165, 1.54) is 12.7 Å². The molecule has 0 aliphatic carbocycles. The van der Waals surface area contributed by atoms with Crippen molar-refractivity contribution in [2.45, 2.75) is 20.3 Å². The van der Waals surface area contributed by atoms with Crippen LogP contribution in [0.4, 0.5) is 0 Å². The Balaban J connectivity index is 2.29. The molecule has 0 saturated carbocycles. The average Bonchev–Trinajstić information content (AvgIpc) is 2.71. The van der Waals surface area contributed by atoms with Crippen LogP contribution in [0.2, 0.25) is 0 Å². The molecule has 0 aliphatic heterocycles. The monoisotopic (exact) mass is 380 g/mol. The molecule has 3 aromatic rings. The minimum Gasteiger partial charge on any atom is -0.493 e. The number of benzene rings is 2. The molecular formula is C23H24O5. The molecule has 0 radical (unpaired) electrons. The first kappa shape index (κ1) is 19.5. The molecule has 0 bridgehead atoms. The zero-order valence-electron chi connectivity index (χ0n) is 16.8. The van der Waals surface area contributed by atoms with Gasteiger partial charge >= 0.3 is 0 Å². The fourth-order valence-electron chi connectivity index (χ4n) is 3.09. The molecule has 0 saturated heterocycles. The van der Waals surface area contributed by atoms with E-state index < -0.39 is 0 Å². The van der Waals surface area contributed by atoms with Crippen LogP contribution in [-0.4, -0.2) is 21.3 Å². The predicted octanol–water partition coefficient (Wildman–Crippen LogP) is 4.99. The molecule has 5 nitrogen and oxygen atoms in total. The number of ether oxygens (including phenoxy) is 3. The Bertz CT molecular complexity index is 1090. The Morgan fingerprint density at radius 1 is 1.00 bits per heavy atom. The minimum absolute atomic E-state index is 0.166. The fourth-order valence-corrected chi connectivity index (χ4v) is 3.09. The van der Waals surface area contributed by atoms with E-state index in [1.807, 2.05) is 32.0 Å². The third-order valence-corrected chi connectivity index (χ3v) is 4.54. The van der Waals surface area contributed by atoms with Crippen molar-refractivity contribution in [1.82, 2.24) is 0 Å². The molecule has 146 valence electrons. The number of rotatable bonds is 6. The summed E-state index contributed by atoms with van der Waals surface area (Å²) in [7, 11) is 4.60. The zero-order valence-corrected chi connectivity index (χ0v) is 16.8. The van der Waals surface area contributed by atoms with Gasteiger partial charge in [-0.05, 0) is 50.1 Å². The lowest BCUT2D eigenvalue weighted by Gasteiger charge is -2.13. The van der Waals surface area contributed by atoms with Crippen molar-refractivity contribution in [3.05, 3.63) is 63.8 Å². The lowest BCUT2D eigenvalue weighted by molar-refractivity contribution is 0.355. The topological polar surface area (TPSA) is 57.9 Å². The van der Waals surface area contributed by atoms with Crippen molar-refractivity contribution in [1.29, 1.82) is 0 Å². The molecule has 0 fully saturated rings. The average molecular weight is 380 g/mol. The van der Waals surface area contributed by atoms with Crippen molar-refractivity contribution < 1.29 is 18.6 Å². The molecule has 0 aliphatic rings. The van der Waals surface area contributed by atoms with E-state index in [2.05, 4.69) is 6.08 Å². The predicted molar refractivity (Wildman–Crippen MR) is 111 cm³/mol. The summed E-state index contributed by atoms with van der Waals surface area (Å²) in [4.78, 5) is 13.1. The van der Waals surface area contributed by atoms with Crippen LogP contribution in [0, 0.1) is 0 Å². The van der Waals surface area contributed by atoms with Crippen LogP contribution in [0.1, 0.15) is 19.4 Å². The molecule has 0 spiro atoms. The number of hydrogen-bond donors (Lipinski definition) is 0. The van der Waals surface area contributed by atoms with Crippen molar-refractivity contribution in [2.75, 3.05) is 21.3 Å². The summed E-state index contributed by atoms with van der Waals surface area (Å²) in [5, 5.41) is 0.501. The smallest absolute Gasteiger partial charge is 0.235 e. The number of methoxy groups -OCH3 is 3. The zero-order chi connectivity index (χ0) is 20.3. The van der Waals surface area contributed by atoms with Crippen LogP contribution in [0.25, 0.3) is 22.3 Å². The van der Waals surface area contributed by atoms with E-state index in [9.17, 15) is 4.79 Å². The second-order valence-corrected chi connectivity index (χ2v) is 6.64. The molecule has 1 heterocycles. The Kier molecular flexibility index (Phi) is 5.73. The lowest BCUT2D eigenvalue weighted by Crippen LogP contribution is -2.08. The van der Waals surface area contributed by atoms with Crippen LogP contribution >= 0.6 is 0 Å². The van der Waals surface area contributed by atoms with Gasteiger partial charge in [0, 0.05) is 5.56 Å². The standard InChI is InChI=1S/C23H24O5/c1-14(2)9-10-15-7-6-8-17-20(24)23(27-5)22(28-21(15)17)16-11-12-18(25-3)19(13-16)26-4/h6-9,11-13H,10H2,1-5H3. The van der Waals surface area contributed by atoms with Gasteiger partial charge in [0.2, 0.25) is 11.2 Å². The highest BCUT2D eigenvalue weighted by molar-refractivity contribution is 5.85. The largest absolute Gasteiger partial charge is 0.493 e. The van der Waals surface area contributed by atoms with Gasteiger partial charge in [-0.15, -0.1) is 0 Å². The molecule has 0 unspecified atom stereocenters. The summed E-state index contributed by atoms with van der Waals surface area (Å²) in [5.74, 6) is 1.67. The van der Waals surface area contributed by atoms with Crippen LogP contribution in [-0.2, 0) is 6.42 Å². The minimum atomic E-state index is -0.201. The molecule has 5 heteroatoms. The first-order valence-corrected chi connectivity index (χ1v) is 8.98. The number of fused-ring (bicyclic) bond motifs is 1. The van der Waals surface area contributed by atoms with Gasteiger partial charge < -0.3 is 18.6 Å². The van der Waals surface area contributed by atoms with Gasteiger partial charge in [-0.1, -0.05) is 23.8 Å². The van der Waals surface area contributed by atoms with Gasteiger partial charge in [0.05, 0.1) is 26.7 Å². The quantitative estimate of drug-likeness (QED) is 0.564. The van der Waals surface area contributed by atoms with Crippen LogP contribution in [0.15, 0.2) is 57.3 Å². The van der Waals surface area contributed by atoms with Crippen molar-refractivity contribution in [2.24, 2.45) is 0 Å². The van der Waals surface area contributed by atoms with Gasteiger partial charge in [0.15, 0.2) is 17.3 Å². The highest BCUT2D eigenvalue weighted by Crippen LogP contribution is 2.37. The third-order valence-electron chi connectivity index (χ3n) is 4.54. The number of hydrogen-bond acceptors (Lipinski definition) is 5. The first-order chi connectivity index (χ1) is 13.5. The molecule has 28 heavy (non-hydrogen) atoms. The summed E-state index contributed by atoms with van der Waals surface area (Å²) < 4.78 is 22.3. The fraction of sp³-hybridized carbons (Fsp3) is 0.261. The van der Waals surface area contributed by atoms with Crippen LogP contribution < -0.4 is 19.6 Å². The molecule has 0 N–H and O–H groups in total. The molecule has 0 atom stereocenters. The number of para-hydroxylation sites is 1. The third kappa shape index (κ3) is 3.60. The number of allylic oxidation sites excluding steroid dienone is 2. The van der Waals surface area contributed by atoms with Crippen molar-refractivity contribution >= 4 is 11.0 Å². The van der Waals surface area contributed by atoms with Crippen molar-refractivity contribution in [3.63, 3.8) is 0 Å². The van der Waals surface area contributed by atoms with Crippen molar-refractivity contribution in [3.8, 4) is 28.6 Å². The van der Waals surface area contributed by atoms with E-state index in [-0.39, 0.29) is 11.2 Å². The Hall–Kier alpha value is -3.21. The summed E-state index contributed by atoms with van der Waals surface area (Å²) in [5.41, 5.74) is 3.18. The maximum absolute atomic E-state index is 13.1. The lowest BCUT2D eigenvalue weighted by atomic mass is 10.0. The molecule has 1 aromatic heterocycles. The van der Waals surface area contributed by atoms with Gasteiger partial charge in [0.25, 0.3) is 0 Å². The van der Waals surface area contributed by atoms with E-state index >= 15 is 0 Å². The van der Waals surface area contributed by atoms with Crippen LogP contribution in [0.5, 0.6) is 17.2 Å². The highest BCUT2D eigenvalue weighted by Gasteiger charge is 2.19. The SMILES string of the molecule is COc1ccc(-c2oc3c(CC=C(C)C)cccc3c(=O)c2OC)cc1OC.